The lowest BCUT2D eigenvalue weighted by Crippen LogP contribution is -2.44. The van der Waals surface area contributed by atoms with E-state index in [4.69, 9.17) is 0 Å². The number of nitrogens with zero attached hydrogens (tertiary/aromatic N) is 2. The first kappa shape index (κ1) is 36.5. The fourth-order valence-electron chi connectivity index (χ4n) is 6.39. The van der Waals surface area contributed by atoms with E-state index in [1.165, 1.54) is 83.2 Å². The molecular formula is C35H50F4N4O2. The molecule has 0 radical (unpaired) electrons. The van der Waals surface area contributed by atoms with Gasteiger partial charge >= 0.3 is 6.18 Å². The Hall–Kier alpha value is -2.98. The molecule has 45 heavy (non-hydrogen) atoms. The van der Waals surface area contributed by atoms with E-state index in [9.17, 15) is 27.2 Å². The second-order valence-electron chi connectivity index (χ2n) is 12.9. The van der Waals surface area contributed by atoms with Gasteiger partial charge in [-0.05, 0) is 98.8 Å². The van der Waals surface area contributed by atoms with Gasteiger partial charge in [0.25, 0.3) is 0 Å². The highest BCUT2D eigenvalue weighted by Gasteiger charge is 2.56. The average Bonchev–Trinajstić information content (AvgIpc) is 3.70. The number of alkyl halides is 3. The van der Waals surface area contributed by atoms with Crippen molar-refractivity contribution < 1.29 is 27.2 Å². The van der Waals surface area contributed by atoms with Crippen LogP contribution in [0.25, 0.3) is 0 Å². The summed E-state index contributed by atoms with van der Waals surface area (Å²) in [6.45, 7) is 13.7. The summed E-state index contributed by atoms with van der Waals surface area (Å²) in [6, 6.07) is 10.7. The Balaban J connectivity index is 0.000000189. The molecule has 0 spiro atoms. The average molecular weight is 635 g/mol. The number of piperazine rings is 1. The molecule has 1 heterocycles. The first-order valence-electron chi connectivity index (χ1n) is 16.2. The van der Waals surface area contributed by atoms with Crippen molar-refractivity contribution in [2.45, 2.75) is 84.2 Å². The predicted molar refractivity (Wildman–Crippen MR) is 173 cm³/mol. The molecule has 0 bridgehead atoms. The van der Waals surface area contributed by atoms with Crippen molar-refractivity contribution in [3.63, 3.8) is 0 Å². The molecular weight excluding hydrogens is 584 g/mol. The van der Waals surface area contributed by atoms with Crippen LogP contribution in [-0.4, -0.2) is 61.4 Å². The number of carbonyl (C=O) groups is 2. The standard InChI is InChI=1S/C16H21NO.C10H22N2.C9H7F4NO/c1-11-6-7-16(10-14(16)8-11)13-4-3-5-15(9-13)17-12(2)18;1-3-4-5-6-12-9-7-11(2)8-10-12;1-5(15)14-6-2-3-8(10)7(4-6)9(11,12)13/h3-5,9,11,14H,6-8,10H2,1-2H3,(H,17,18);3-10H2,1-2H3;2-4H,1H3,(H,14,15)/t11?,14?,16-;;/m1../s1. The zero-order valence-electron chi connectivity index (χ0n) is 27.4. The van der Waals surface area contributed by atoms with E-state index in [0.29, 0.717) is 17.5 Å². The van der Waals surface area contributed by atoms with Gasteiger partial charge in [0.1, 0.15) is 5.82 Å². The Kier molecular flexibility index (Phi) is 13.4. The maximum atomic E-state index is 12.8. The second kappa shape index (κ2) is 16.5. The van der Waals surface area contributed by atoms with Crippen LogP contribution in [0.3, 0.4) is 0 Å². The van der Waals surface area contributed by atoms with Gasteiger partial charge in [-0.25, -0.2) is 4.39 Å². The summed E-state index contributed by atoms with van der Waals surface area (Å²) in [4.78, 5) is 26.7. The molecule has 2 unspecified atom stereocenters. The summed E-state index contributed by atoms with van der Waals surface area (Å²) in [5.41, 5.74) is 1.34. The summed E-state index contributed by atoms with van der Waals surface area (Å²) in [6.07, 6.45) is 4.76. The largest absolute Gasteiger partial charge is 0.419 e. The van der Waals surface area contributed by atoms with E-state index in [0.717, 1.165) is 30.5 Å². The maximum Gasteiger partial charge on any atom is 0.419 e. The molecule has 3 atom stereocenters. The molecule has 6 nitrogen and oxygen atoms in total. The third-order valence-electron chi connectivity index (χ3n) is 9.03. The molecule has 2 aliphatic carbocycles. The van der Waals surface area contributed by atoms with E-state index in [-0.39, 0.29) is 11.6 Å². The Bertz CT molecular complexity index is 1260. The number of hydrogen-bond donors (Lipinski definition) is 2. The first-order valence-corrected chi connectivity index (χ1v) is 16.2. The van der Waals surface area contributed by atoms with Crippen LogP contribution in [0.15, 0.2) is 42.5 Å². The normalized spacial score (nSPS) is 23.0. The van der Waals surface area contributed by atoms with Crippen LogP contribution in [0, 0.1) is 17.7 Å². The van der Waals surface area contributed by atoms with Gasteiger partial charge in [0.2, 0.25) is 11.8 Å². The minimum atomic E-state index is -4.77. The van der Waals surface area contributed by atoms with Gasteiger partial charge in [0.05, 0.1) is 5.56 Å². The van der Waals surface area contributed by atoms with E-state index >= 15 is 0 Å². The topological polar surface area (TPSA) is 64.7 Å². The van der Waals surface area contributed by atoms with E-state index in [1.807, 2.05) is 6.07 Å². The molecule has 2 amide bonds. The molecule has 250 valence electrons. The van der Waals surface area contributed by atoms with Crippen molar-refractivity contribution in [2.24, 2.45) is 11.8 Å². The molecule has 1 aliphatic heterocycles. The number of rotatable bonds is 7. The minimum absolute atomic E-state index is 0.00858. The highest BCUT2D eigenvalue weighted by molar-refractivity contribution is 5.89. The van der Waals surface area contributed by atoms with Gasteiger partial charge in [0, 0.05) is 51.4 Å². The van der Waals surface area contributed by atoms with Crippen LogP contribution < -0.4 is 10.6 Å². The Morgan fingerprint density at radius 2 is 1.60 bits per heavy atom. The highest BCUT2D eigenvalue weighted by Crippen LogP contribution is 2.63. The Labute approximate surface area is 265 Å². The van der Waals surface area contributed by atoms with Crippen LogP contribution in [-0.2, 0) is 21.2 Å². The van der Waals surface area contributed by atoms with E-state index in [1.54, 1.807) is 6.92 Å². The number of amides is 2. The molecule has 2 aromatic carbocycles. The quantitative estimate of drug-likeness (QED) is 0.240. The van der Waals surface area contributed by atoms with E-state index < -0.39 is 23.5 Å². The fraction of sp³-hybridized carbons (Fsp3) is 0.600. The number of carbonyl (C=O) groups excluding carboxylic acids is 2. The van der Waals surface area contributed by atoms with Crippen molar-refractivity contribution >= 4 is 23.2 Å². The van der Waals surface area contributed by atoms with Gasteiger partial charge in [-0.15, -0.1) is 0 Å². The van der Waals surface area contributed by atoms with Crippen LogP contribution in [0.1, 0.15) is 83.8 Å². The predicted octanol–water partition coefficient (Wildman–Crippen LogP) is 7.95. The summed E-state index contributed by atoms with van der Waals surface area (Å²) < 4.78 is 49.4. The number of unbranched alkanes of at least 4 members (excludes halogenated alkanes) is 2. The molecule has 2 N–H and O–H groups in total. The third kappa shape index (κ3) is 11.4. The van der Waals surface area contributed by atoms with Crippen LogP contribution in [0.2, 0.25) is 0 Å². The zero-order valence-corrected chi connectivity index (χ0v) is 27.4. The van der Waals surface area contributed by atoms with Crippen LogP contribution in [0.5, 0.6) is 0 Å². The SMILES string of the molecule is CC(=O)Nc1ccc(F)c(C(F)(F)F)c1.CC(=O)Nc1cccc([C@]23CCC(C)CC2C3)c1.CCCCCN1CCN(C)CC1. The van der Waals surface area contributed by atoms with Crippen molar-refractivity contribution in [3.8, 4) is 0 Å². The number of halogens is 4. The van der Waals surface area contributed by atoms with Gasteiger partial charge in [-0.1, -0.05) is 38.8 Å². The third-order valence-corrected chi connectivity index (χ3v) is 9.03. The second-order valence-corrected chi connectivity index (χ2v) is 12.9. The molecule has 3 fully saturated rings. The van der Waals surface area contributed by atoms with Crippen molar-refractivity contribution in [1.29, 1.82) is 0 Å². The number of fused-ring (bicyclic) bond motifs is 1. The monoisotopic (exact) mass is 634 g/mol. The van der Waals surface area contributed by atoms with Crippen molar-refractivity contribution in [2.75, 3.05) is 50.4 Å². The van der Waals surface area contributed by atoms with Gasteiger partial charge in [-0.3, -0.25) is 9.59 Å². The lowest BCUT2D eigenvalue weighted by atomic mass is 9.78. The molecule has 10 heteroatoms. The number of nitrogens with one attached hydrogen (secondary N) is 2. The first-order chi connectivity index (χ1) is 21.2. The number of benzene rings is 2. The molecule has 1 saturated heterocycles. The van der Waals surface area contributed by atoms with Gasteiger partial charge < -0.3 is 20.4 Å². The Morgan fingerprint density at radius 3 is 2.18 bits per heavy atom. The number of likely N-dealkylation sites (N-methyl/N-ethyl adjacent to an activating group) is 1. The summed E-state index contributed by atoms with van der Waals surface area (Å²) in [7, 11) is 2.21. The summed E-state index contributed by atoms with van der Waals surface area (Å²) >= 11 is 0. The van der Waals surface area contributed by atoms with Gasteiger partial charge in [0.15, 0.2) is 0 Å². The molecule has 5 rings (SSSR count). The molecule has 2 aromatic rings. The van der Waals surface area contributed by atoms with Gasteiger partial charge in [-0.2, -0.15) is 13.2 Å². The Morgan fingerprint density at radius 1 is 0.956 bits per heavy atom. The van der Waals surface area contributed by atoms with Crippen molar-refractivity contribution in [1.82, 2.24) is 9.80 Å². The lowest BCUT2D eigenvalue weighted by Gasteiger charge is -2.32. The number of anilines is 2. The fourth-order valence-corrected chi connectivity index (χ4v) is 6.39. The molecule has 3 aliphatic rings. The number of hydrogen-bond acceptors (Lipinski definition) is 4. The smallest absolute Gasteiger partial charge is 0.326 e. The summed E-state index contributed by atoms with van der Waals surface area (Å²) in [5.74, 6) is -0.0985. The van der Waals surface area contributed by atoms with E-state index in [2.05, 4.69) is 59.5 Å². The lowest BCUT2D eigenvalue weighted by molar-refractivity contribution is -0.140. The maximum absolute atomic E-state index is 12.8. The van der Waals surface area contributed by atoms with Crippen LogP contribution in [0.4, 0.5) is 28.9 Å². The van der Waals surface area contributed by atoms with Crippen LogP contribution >= 0.6 is 0 Å². The highest BCUT2D eigenvalue weighted by atomic mass is 19.4. The minimum Gasteiger partial charge on any atom is -0.326 e. The zero-order chi connectivity index (χ0) is 33.2. The summed E-state index contributed by atoms with van der Waals surface area (Å²) in [5, 5.41) is 5.03. The van der Waals surface area contributed by atoms with Crippen molar-refractivity contribution in [3.05, 3.63) is 59.4 Å². The molecule has 0 aromatic heterocycles. The molecule has 2 saturated carbocycles.